The molecule has 1 heterocycles. The van der Waals surface area contributed by atoms with Crippen molar-refractivity contribution < 1.29 is 13.2 Å². The minimum atomic E-state index is -4.52. The molecule has 0 spiro atoms. The summed E-state index contributed by atoms with van der Waals surface area (Å²) in [6.07, 6.45) is -1.39. The lowest BCUT2D eigenvalue weighted by atomic mass is 10.2. The second kappa shape index (κ2) is 8.03. The van der Waals surface area contributed by atoms with Gasteiger partial charge in [-0.3, -0.25) is 4.79 Å². The van der Waals surface area contributed by atoms with Crippen LogP contribution in [0.25, 0.3) is 5.69 Å². The molecule has 1 N–H and O–H groups in total. The smallest absolute Gasteiger partial charge is 0.382 e. The number of nitrogens with zero attached hydrogens (tertiary/aromatic N) is 3. The van der Waals surface area contributed by atoms with Crippen LogP contribution in [0.4, 0.5) is 18.9 Å². The van der Waals surface area contributed by atoms with Crippen LogP contribution in [0.15, 0.2) is 35.3 Å². The van der Waals surface area contributed by atoms with Crippen molar-refractivity contribution in [3.05, 3.63) is 51.4 Å². The molecule has 1 aromatic heterocycles. The SMILES string of the molecule is N#CCCCCNc1cnn(-c2cccc(C(F)(F)F)c2)c(=O)c1Cl. The summed E-state index contributed by atoms with van der Waals surface area (Å²) in [4.78, 5) is 12.3. The second-order valence-electron chi connectivity index (χ2n) is 5.18. The Hall–Kier alpha value is -2.53. The number of benzene rings is 1. The van der Waals surface area contributed by atoms with E-state index < -0.39 is 17.3 Å². The summed E-state index contributed by atoms with van der Waals surface area (Å²) < 4.78 is 39.2. The summed E-state index contributed by atoms with van der Waals surface area (Å²) in [5.41, 5.74) is -1.33. The van der Waals surface area contributed by atoms with Crippen molar-refractivity contribution in [2.24, 2.45) is 0 Å². The number of rotatable bonds is 6. The molecule has 0 bridgehead atoms. The van der Waals surface area contributed by atoms with Crippen LogP contribution in [-0.4, -0.2) is 16.3 Å². The van der Waals surface area contributed by atoms with Crippen LogP contribution in [0.3, 0.4) is 0 Å². The first-order chi connectivity index (χ1) is 11.8. The van der Waals surface area contributed by atoms with E-state index in [1.54, 1.807) is 0 Å². The van der Waals surface area contributed by atoms with E-state index in [1.807, 2.05) is 6.07 Å². The Bertz CT molecular complexity index is 842. The maximum atomic E-state index is 12.8. The van der Waals surface area contributed by atoms with Gasteiger partial charge in [0, 0.05) is 13.0 Å². The van der Waals surface area contributed by atoms with Crippen molar-refractivity contribution in [3.63, 3.8) is 0 Å². The van der Waals surface area contributed by atoms with Gasteiger partial charge in [-0.2, -0.15) is 28.2 Å². The first-order valence-corrected chi connectivity index (χ1v) is 7.78. The van der Waals surface area contributed by atoms with Crippen molar-refractivity contribution in [2.45, 2.75) is 25.4 Å². The van der Waals surface area contributed by atoms with Gasteiger partial charge in [0.05, 0.1) is 29.2 Å². The highest BCUT2D eigenvalue weighted by Crippen LogP contribution is 2.30. The quantitative estimate of drug-likeness (QED) is 0.780. The Labute approximate surface area is 146 Å². The van der Waals surface area contributed by atoms with Gasteiger partial charge < -0.3 is 5.32 Å². The third-order valence-electron chi connectivity index (χ3n) is 3.37. The summed E-state index contributed by atoms with van der Waals surface area (Å²) in [5.74, 6) is 0. The monoisotopic (exact) mass is 370 g/mol. The van der Waals surface area contributed by atoms with Gasteiger partial charge in [0.1, 0.15) is 5.02 Å². The number of anilines is 1. The summed E-state index contributed by atoms with van der Waals surface area (Å²) in [7, 11) is 0. The zero-order chi connectivity index (χ0) is 18.4. The molecule has 0 radical (unpaired) electrons. The second-order valence-corrected chi connectivity index (χ2v) is 5.56. The van der Waals surface area contributed by atoms with Gasteiger partial charge in [0.15, 0.2) is 0 Å². The molecule has 0 aliphatic rings. The highest BCUT2D eigenvalue weighted by atomic mass is 35.5. The molecule has 0 saturated carbocycles. The lowest BCUT2D eigenvalue weighted by Crippen LogP contribution is -2.23. The summed E-state index contributed by atoms with van der Waals surface area (Å²) in [5, 5.41) is 15.1. The van der Waals surface area contributed by atoms with Crippen LogP contribution in [0.2, 0.25) is 5.02 Å². The van der Waals surface area contributed by atoms with Crippen molar-refractivity contribution in [1.82, 2.24) is 9.78 Å². The molecule has 132 valence electrons. The lowest BCUT2D eigenvalue weighted by molar-refractivity contribution is -0.137. The molecule has 2 rings (SSSR count). The molecular formula is C16H14ClF3N4O. The van der Waals surface area contributed by atoms with Crippen LogP contribution < -0.4 is 10.9 Å². The maximum absolute atomic E-state index is 12.8. The lowest BCUT2D eigenvalue weighted by Gasteiger charge is -2.12. The van der Waals surface area contributed by atoms with Gasteiger partial charge in [-0.15, -0.1) is 0 Å². The van der Waals surface area contributed by atoms with Crippen LogP contribution in [0, 0.1) is 11.3 Å². The molecule has 0 atom stereocenters. The minimum Gasteiger partial charge on any atom is -0.382 e. The average molecular weight is 371 g/mol. The molecule has 0 aliphatic heterocycles. The van der Waals surface area contributed by atoms with Gasteiger partial charge in [0.25, 0.3) is 5.56 Å². The number of hydrogen-bond donors (Lipinski definition) is 1. The fraction of sp³-hybridized carbons (Fsp3) is 0.312. The predicted octanol–water partition coefficient (Wildman–Crippen LogP) is 4.01. The maximum Gasteiger partial charge on any atom is 0.416 e. The highest BCUT2D eigenvalue weighted by molar-refractivity contribution is 6.32. The largest absolute Gasteiger partial charge is 0.416 e. The Morgan fingerprint density at radius 1 is 1.32 bits per heavy atom. The van der Waals surface area contributed by atoms with Gasteiger partial charge in [-0.05, 0) is 31.0 Å². The Kier molecular flexibility index (Phi) is 6.04. The zero-order valence-corrected chi connectivity index (χ0v) is 13.7. The van der Waals surface area contributed by atoms with Crippen LogP contribution in [-0.2, 0) is 6.18 Å². The van der Waals surface area contributed by atoms with E-state index in [-0.39, 0.29) is 10.7 Å². The van der Waals surface area contributed by atoms with E-state index in [9.17, 15) is 18.0 Å². The van der Waals surface area contributed by atoms with Crippen molar-refractivity contribution in [2.75, 3.05) is 11.9 Å². The average Bonchev–Trinajstić information content (AvgIpc) is 2.58. The number of alkyl halides is 3. The molecular weight excluding hydrogens is 357 g/mol. The van der Waals surface area contributed by atoms with E-state index >= 15 is 0 Å². The fourth-order valence-corrected chi connectivity index (χ4v) is 2.30. The molecule has 0 saturated heterocycles. The van der Waals surface area contributed by atoms with Gasteiger partial charge in [-0.25, -0.2) is 0 Å². The molecule has 0 aliphatic carbocycles. The van der Waals surface area contributed by atoms with E-state index in [0.29, 0.717) is 31.5 Å². The van der Waals surface area contributed by atoms with Crippen LogP contribution >= 0.6 is 11.6 Å². The van der Waals surface area contributed by atoms with Gasteiger partial charge >= 0.3 is 6.18 Å². The van der Waals surface area contributed by atoms with Crippen molar-refractivity contribution in [3.8, 4) is 11.8 Å². The molecule has 0 amide bonds. The Morgan fingerprint density at radius 3 is 2.76 bits per heavy atom. The molecule has 0 fully saturated rings. The van der Waals surface area contributed by atoms with Gasteiger partial charge in [-0.1, -0.05) is 17.7 Å². The standard InChI is InChI=1S/C16H14ClF3N4O/c17-14-13(22-8-3-1-2-7-21)10-23-24(15(14)25)12-6-4-5-11(9-12)16(18,19)20/h4-6,9-10,22H,1-3,8H2. The Balaban J connectivity index is 2.23. The molecule has 5 nitrogen and oxygen atoms in total. The summed E-state index contributed by atoms with van der Waals surface area (Å²) in [6.45, 7) is 0.496. The van der Waals surface area contributed by atoms with Gasteiger partial charge in [0.2, 0.25) is 0 Å². The van der Waals surface area contributed by atoms with Crippen LogP contribution in [0.5, 0.6) is 0 Å². The van der Waals surface area contributed by atoms with Crippen molar-refractivity contribution in [1.29, 1.82) is 5.26 Å². The van der Waals surface area contributed by atoms with E-state index in [4.69, 9.17) is 16.9 Å². The normalized spacial score (nSPS) is 11.2. The summed E-state index contributed by atoms with van der Waals surface area (Å²) in [6, 6.07) is 6.31. The predicted molar refractivity (Wildman–Crippen MR) is 87.8 cm³/mol. The molecule has 2 aromatic rings. The highest BCUT2D eigenvalue weighted by Gasteiger charge is 2.30. The molecule has 0 unspecified atom stereocenters. The Morgan fingerprint density at radius 2 is 2.08 bits per heavy atom. The number of aromatic nitrogens is 2. The number of nitriles is 1. The topological polar surface area (TPSA) is 70.7 Å². The van der Waals surface area contributed by atoms with Crippen LogP contribution in [0.1, 0.15) is 24.8 Å². The third kappa shape index (κ3) is 4.73. The zero-order valence-electron chi connectivity index (χ0n) is 13.0. The number of halogens is 4. The molecule has 1 aromatic carbocycles. The molecule has 9 heteroatoms. The molecule has 25 heavy (non-hydrogen) atoms. The summed E-state index contributed by atoms with van der Waals surface area (Å²) >= 11 is 6.01. The number of nitrogens with one attached hydrogen (secondary N) is 1. The van der Waals surface area contributed by atoms with Crippen molar-refractivity contribution >= 4 is 17.3 Å². The third-order valence-corrected chi connectivity index (χ3v) is 3.73. The number of unbranched alkanes of at least 4 members (excludes halogenated alkanes) is 2. The van der Waals surface area contributed by atoms with E-state index in [2.05, 4.69) is 10.4 Å². The van der Waals surface area contributed by atoms with E-state index in [0.717, 1.165) is 16.8 Å². The van der Waals surface area contributed by atoms with E-state index in [1.165, 1.54) is 18.3 Å². The first kappa shape index (κ1) is 18.8. The minimum absolute atomic E-state index is 0.0257. The number of hydrogen-bond acceptors (Lipinski definition) is 4. The fourth-order valence-electron chi connectivity index (χ4n) is 2.11. The first-order valence-electron chi connectivity index (χ1n) is 7.41.